The highest BCUT2D eigenvalue weighted by atomic mass is 16.2. The Hall–Kier alpha value is -1.42. The highest BCUT2D eigenvalue weighted by Gasteiger charge is 2.26. The topological polar surface area (TPSA) is 68.0 Å². The maximum atomic E-state index is 11.8. The highest BCUT2D eigenvalue weighted by Crippen LogP contribution is 2.08. The molecule has 1 aromatic rings. The van der Waals surface area contributed by atoms with E-state index in [1.807, 2.05) is 19.1 Å². The van der Waals surface area contributed by atoms with Gasteiger partial charge in [-0.2, -0.15) is 0 Å². The molecule has 88 valence electrons. The zero-order valence-corrected chi connectivity index (χ0v) is 9.86. The minimum absolute atomic E-state index is 0.113. The molecule has 0 aliphatic rings. The van der Waals surface area contributed by atoms with Crippen molar-refractivity contribution in [3.63, 3.8) is 0 Å². The van der Waals surface area contributed by atoms with E-state index < -0.39 is 5.54 Å². The Morgan fingerprint density at radius 3 is 2.94 bits per heavy atom. The van der Waals surface area contributed by atoms with Crippen LogP contribution in [-0.4, -0.2) is 16.4 Å². The largest absolute Gasteiger partial charge is 0.350 e. The summed E-state index contributed by atoms with van der Waals surface area (Å²) in [7, 11) is 0. The fraction of sp³-hybridized carbons (Fsp3) is 0.500. The molecular weight excluding hydrogens is 202 g/mol. The van der Waals surface area contributed by atoms with Gasteiger partial charge in [-0.3, -0.25) is 9.78 Å². The summed E-state index contributed by atoms with van der Waals surface area (Å²) in [4.78, 5) is 15.8. The van der Waals surface area contributed by atoms with Gasteiger partial charge in [-0.15, -0.1) is 0 Å². The van der Waals surface area contributed by atoms with Crippen molar-refractivity contribution in [3.8, 4) is 0 Å². The van der Waals surface area contributed by atoms with Gasteiger partial charge in [-0.1, -0.05) is 19.4 Å². The van der Waals surface area contributed by atoms with Crippen LogP contribution in [0.5, 0.6) is 0 Å². The maximum absolute atomic E-state index is 11.8. The Bertz CT molecular complexity index is 335. The smallest absolute Gasteiger partial charge is 0.240 e. The molecular formula is C12H19N3O. The van der Waals surface area contributed by atoms with Crippen molar-refractivity contribution in [1.82, 2.24) is 10.3 Å². The summed E-state index contributed by atoms with van der Waals surface area (Å²) < 4.78 is 0. The van der Waals surface area contributed by atoms with E-state index in [1.54, 1.807) is 19.3 Å². The van der Waals surface area contributed by atoms with Crippen LogP contribution < -0.4 is 11.1 Å². The minimum Gasteiger partial charge on any atom is -0.350 e. The molecule has 0 fully saturated rings. The molecule has 1 amide bonds. The average Bonchev–Trinajstić information content (AvgIpc) is 2.27. The molecule has 3 N–H and O–H groups in total. The number of nitrogens with one attached hydrogen (secondary N) is 1. The zero-order chi connectivity index (χ0) is 12.0. The summed E-state index contributed by atoms with van der Waals surface area (Å²) in [5.41, 5.74) is 6.10. The first-order valence-electron chi connectivity index (χ1n) is 5.52. The third-order valence-electron chi connectivity index (χ3n) is 2.46. The van der Waals surface area contributed by atoms with Gasteiger partial charge in [-0.25, -0.2) is 0 Å². The van der Waals surface area contributed by atoms with Crippen LogP contribution in [0.3, 0.4) is 0 Å². The first kappa shape index (κ1) is 12.6. The predicted molar refractivity (Wildman–Crippen MR) is 63.6 cm³/mol. The average molecular weight is 221 g/mol. The SMILES string of the molecule is CCCC(C)(N)C(=O)NCc1cccnc1. The monoisotopic (exact) mass is 221 g/mol. The lowest BCUT2D eigenvalue weighted by Crippen LogP contribution is -2.51. The molecule has 0 aromatic carbocycles. The summed E-state index contributed by atoms with van der Waals surface area (Å²) in [5.74, 6) is -0.113. The first-order chi connectivity index (χ1) is 7.56. The first-order valence-corrected chi connectivity index (χ1v) is 5.52. The van der Waals surface area contributed by atoms with Gasteiger partial charge in [0.25, 0.3) is 0 Å². The number of rotatable bonds is 5. The number of aromatic nitrogens is 1. The number of carbonyl (C=O) groups excluding carboxylic acids is 1. The summed E-state index contributed by atoms with van der Waals surface area (Å²) >= 11 is 0. The lowest BCUT2D eigenvalue weighted by Gasteiger charge is -2.22. The second-order valence-electron chi connectivity index (χ2n) is 4.21. The van der Waals surface area contributed by atoms with Gasteiger partial charge in [0.15, 0.2) is 0 Å². The van der Waals surface area contributed by atoms with Crippen LogP contribution >= 0.6 is 0 Å². The highest BCUT2D eigenvalue weighted by molar-refractivity contribution is 5.85. The van der Waals surface area contributed by atoms with E-state index in [0.29, 0.717) is 13.0 Å². The van der Waals surface area contributed by atoms with Crippen LogP contribution in [0.15, 0.2) is 24.5 Å². The van der Waals surface area contributed by atoms with Gasteiger partial charge >= 0.3 is 0 Å². The van der Waals surface area contributed by atoms with Crippen LogP contribution in [0.2, 0.25) is 0 Å². The van der Waals surface area contributed by atoms with Crippen molar-refractivity contribution in [2.45, 2.75) is 38.8 Å². The van der Waals surface area contributed by atoms with Crippen molar-refractivity contribution in [2.24, 2.45) is 5.73 Å². The van der Waals surface area contributed by atoms with Crippen LogP contribution in [-0.2, 0) is 11.3 Å². The zero-order valence-electron chi connectivity index (χ0n) is 9.86. The molecule has 1 atom stereocenters. The molecule has 1 rings (SSSR count). The number of hydrogen-bond donors (Lipinski definition) is 2. The Morgan fingerprint density at radius 2 is 2.38 bits per heavy atom. The molecule has 4 nitrogen and oxygen atoms in total. The fourth-order valence-electron chi connectivity index (χ4n) is 1.52. The molecule has 0 radical (unpaired) electrons. The standard InChI is InChI=1S/C12H19N3O/c1-3-6-12(2,13)11(16)15-9-10-5-4-7-14-8-10/h4-5,7-8H,3,6,9,13H2,1-2H3,(H,15,16). The number of carbonyl (C=O) groups is 1. The van der Waals surface area contributed by atoms with Gasteiger partial charge < -0.3 is 11.1 Å². The van der Waals surface area contributed by atoms with E-state index in [4.69, 9.17) is 5.73 Å². The summed E-state index contributed by atoms with van der Waals surface area (Å²) in [6.45, 7) is 4.25. The molecule has 0 saturated carbocycles. The number of hydrogen-bond acceptors (Lipinski definition) is 3. The van der Waals surface area contributed by atoms with Crippen LogP contribution in [0.1, 0.15) is 32.3 Å². The summed E-state index contributed by atoms with van der Waals surface area (Å²) in [5, 5.41) is 2.82. The van der Waals surface area contributed by atoms with Crippen LogP contribution in [0, 0.1) is 0 Å². The van der Waals surface area contributed by atoms with Crippen LogP contribution in [0.25, 0.3) is 0 Å². The van der Waals surface area contributed by atoms with Gasteiger partial charge in [0, 0.05) is 18.9 Å². The van der Waals surface area contributed by atoms with Crippen molar-refractivity contribution in [3.05, 3.63) is 30.1 Å². The number of pyridine rings is 1. The quantitative estimate of drug-likeness (QED) is 0.785. The lowest BCUT2D eigenvalue weighted by atomic mass is 9.96. The van der Waals surface area contributed by atoms with E-state index in [9.17, 15) is 4.79 Å². The normalized spacial score (nSPS) is 14.2. The lowest BCUT2D eigenvalue weighted by molar-refractivity contribution is -0.126. The molecule has 1 heterocycles. The fourth-order valence-corrected chi connectivity index (χ4v) is 1.52. The van der Waals surface area contributed by atoms with Crippen LogP contribution in [0.4, 0.5) is 0 Å². The van der Waals surface area contributed by atoms with Gasteiger partial charge in [0.05, 0.1) is 5.54 Å². The molecule has 1 unspecified atom stereocenters. The number of nitrogens with zero attached hydrogens (tertiary/aromatic N) is 1. The van der Waals surface area contributed by atoms with Crippen molar-refractivity contribution in [2.75, 3.05) is 0 Å². The minimum atomic E-state index is -0.781. The van der Waals surface area contributed by atoms with Crippen molar-refractivity contribution >= 4 is 5.91 Å². The van der Waals surface area contributed by atoms with Gasteiger partial charge in [0.2, 0.25) is 5.91 Å². The molecule has 1 aromatic heterocycles. The Balaban J connectivity index is 2.47. The Labute approximate surface area is 96.3 Å². The summed E-state index contributed by atoms with van der Waals surface area (Å²) in [6, 6.07) is 3.76. The van der Waals surface area contributed by atoms with Crippen molar-refractivity contribution in [1.29, 1.82) is 0 Å². The van der Waals surface area contributed by atoms with E-state index in [0.717, 1.165) is 12.0 Å². The van der Waals surface area contributed by atoms with E-state index in [1.165, 1.54) is 0 Å². The molecule has 0 aliphatic heterocycles. The maximum Gasteiger partial charge on any atom is 0.240 e. The van der Waals surface area contributed by atoms with E-state index in [2.05, 4.69) is 10.3 Å². The summed E-state index contributed by atoms with van der Waals surface area (Å²) in [6.07, 6.45) is 5.02. The third kappa shape index (κ3) is 3.62. The van der Waals surface area contributed by atoms with Gasteiger partial charge in [0.1, 0.15) is 0 Å². The molecule has 0 bridgehead atoms. The van der Waals surface area contributed by atoms with E-state index in [-0.39, 0.29) is 5.91 Å². The molecule has 0 aliphatic carbocycles. The second-order valence-corrected chi connectivity index (χ2v) is 4.21. The third-order valence-corrected chi connectivity index (χ3v) is 2.46. The Morgan fingerprint density at radius 1 is 1.62 bits per heavy atom. The second kappa shape index (κ2) is 5.61. The van der Waals surface area contributed by atoms with Crippen molar-refractivity contribution < 1.29 is 4.79 Å². The van der Waals surface area contributed by atoms with E-state index >= 15 is 0 Å². The Kier molecular flexibility index (Phi) is 4.43. The molecule has 4 heteroatoms. The van der Waals surface area contributed by atoms with Gasteiger partial charge in [-0.05, 0) is 25.0 Å². The predicted octanol–water partition coefficient (Wildman–Crippen LogP) is 1.22. The number of nitrogens with two attached hydrogens (primary N) is 1. The number of amides is 1. The molecule has 0 saturated heterocycles. The molecule has 16 heavy (non-hydrogen) atoms. The molecule has 0 spiro atoms.